The number of ether oxygens (including phenoxy) is 1. The van der Waals surface area contributed by atoms with Crippen LogP contribution >= 0.6 is 0 Å². The van der Waals surface area contributed by atoms with E-state index in [9.17, 15) is 14.7 Å². The quantitative estimate of drug-likeness (QED) is 0.498. The third-order valence-electron chi connectivity index (χ3n) is 5.42. The molecule has 1 unspecified atom stereocenters. The number of esters is 1. The Labute approximate surface area is 168 Å². The smallest absolute Gasteiger partial charge is 0.324 e. The molecule has 0 saturated carbocycles. The molecule has 3 aromatic carbocycles. The molecule has 0 radical (unpaired) electrons. The number of aliphatic carboxylic acids is 1. The number of benzene rings is 3. The van der Waals surface area contributed by atoms with Gasteiger partial charge < -0.3 is 15.6 Å². The largest absolute Gasteiger partial charge is 0.480 e. The Morgan fingerprint density at radius 3 is 2.03 bits per heavy atom. The van der Waals surface area contributed by atoms with Gasteiger partial charge in [0, 0.05) is 12.5 Å². The van der Waals surface area contributed by atoms with Crippen LogP contribution < -0.4 is 5.73 Å². The molecule has 0 bridgehead atoms. The topological polar surface area (TPSA) is 89.6 Å². The van der Waals surface area contributed by atoms with E-state index in [0.29, 0.717) is 11.1 Å². The summed E-state index contributed by atoms with van der Waals surface area (Å²) in [7, 11) is 0. The van der Waals surface area contributed by atoms with Crippen LogP contribution in [0, 0.1) is 0 Å². The van der Waals surface area contributed by atoms with Crippen LogP contribution in [0.4, 0.5) is 0 Å². The fraction of sp³-hybridized carbons (Fsp3) is 0.167. The first-order valence-electron chi connectivity index (χ1n) is 9.47. The molecule has 0 aromatic heterocycles. The van der Waals surface area contributed by atoms with Crippen molar-refractivity contribution in [3.05, 3.63) is 95.1 Å². The summed E-state index contributed by atoms with van der Waals surface area (Å²) in [5.74, 6) is -3.55. The van der Waals surface area contributed by atoms with Gasteiger partial charge in [-0.2, -0.15) is 0 Å². The number of fused-ring (bicyclic) bond motifs is 3. The van der Waals surface area contributed by atoms with Gasteiger partial charge in [-0.05, 0) is 33.4 Å². The van der Waals surface area contributed by atoms with Gasteiger partial charge in [-0.15, -0.1) is 0 Å². The lowest BCUT2D eigenvalue weighted by atomic mass is 9.94. The zero-order valence-corrected chi connectivity index (χ0v) is 15.7. The van der Waals surface area contributed by atoms with Crippen molar-refractivity contribution in [2.24, 2.45) is 5.73 Å². The molecule has 0 aliphatic heterocycles. The molecule has 1 atom stereocenters. The summed E-state index contributed by atoms with van der Waals surface area (Å²) in [6.45, 7) is 0.234. The Morgan fingerprint density at radius 2 is 1.45 bits per heavy atom. The second-order valence-electron chi connectivity index (χ2n) is 7.03. The van der Waals surface area contributed by atoms with Crippen molar-refractivity contribution in [2.45, 2.75) is 18.4 Å². The Hall–Kier alpha value is -3.44. The highest BCUT2D eigenvalue weighted by molar-refractivity contribution is 6.00. The summed E-state index contributed by atoms with van der Waals surface area (Å²) >= 11 is 0. The third-order valence-corrected chi connectivity index (χ3v) is 5.42. The second kappa shape index (κ2) is 7.89. The van der Waals surface area contributed by atoms with E-state index in [2.05, 4.69) is 0 Å². The van der Waals surface area contributed by atoms with Gasteiger partial charge in [0.05, 0.1) is 0 Å². The third kappa shape index (κ3) is 3.41. The van der Waals surface area contributed by atoms with E-state index in [-0.39, 0.29) is 19.1 Å². The average Bonchev–Trinajstić information content (AvgIpc) is 3.06. The second-order valence-corrected chi connectivity index (χ2v) is 7.03. The highest BCUT2D eigenvalue weighted by Gasteiger charge is 2.34. The van der Waals surface area contributed by atoms with Gasteiger partial charge in [-0.25, -0.2) is 0 Å². The van der Waals surface area contributed by atoms with E-state index in [1.54, 1.807) is 24.3 Å². The van der Waals surface area contributed by atoms with Crippen molar-refractivity contribution in [1.82, 2.24) is 0 Å². The zero-order chi connectivity index (χ0) is 20.4. The lowest BCUT2D eigenvalue weighted by Crippen LogP contribution is -2.26. The summed E-state index contributed by atoms with van der Waals surface area (Å²) in [4.78, 5) is 24.7. The molecule has 0 fully saturated rings. The summed E-state index contributed by atoms with van der Waals surface area (Å²) < 4.78 is 5.56. The van der Waals surface area contributed by atoms with Crippen LogP contribution in [-0.2, 0) is 20.9 Å². The van der Waals surface area contributed by atoms with E-state index in [4.69, 9.17) is 10.5 Å². The van der Waals surface area contributed by atoms with Gasteiger partial charge in [-0.3, -0.25) is 9.59 Å². The highest BCUT2D eigenvalue weighted by atomic mass is 16.5. The van der Waals surface area contributed by atoms with Crippen LogP contribution in [0.3, 0.4) is 0 Å². The SMILES string of the molecule is NCc1ccccc1C(C(=O)O)C(=O)OCC1c2ccccc2-c2ccccc21. The minimum absolute atomic E-state index is 0.0848. The Balaban J connectivity index is 1.60. The highest BCUT2D eigenvalue weighted by Crippen LogP contribution is 2.44. The van der Waals surface area contributed by atoms with Crippen molar-refractivity contribution in [3.8, 4) is 11.1 Å². The van der Waals surface area contributed by atoms with Gasteiger partial charge in [0.25, 0.3) is 0 Å². The average molecular weight is 387 g/mol. The molecule has 1 aliphatic rings. The molecule has 4 rings (SSSR count). The fourth-order valence-electron chi connectivity index (χ4n) is 4.05. The van der Waals surface area contributed by atoms with Crippen molar-refractivity contribution in [3.63, 3.8) is 0 Å². The van der Waals surface area contributed by atoms with Crippen LogP contribution in [0.15, 0.2) is 72.8 Å². The summed E-state index contributed by atoms with van der Waals surface area (Å²) in [6, 6.07) is 22.8. The molecule has 3 N–H and O–H groups in total. The molecule has 29 heavy (non-hydrogen) atoms. The van der Waals surface area contributed by atoms with E-state index >= 15 is 0 Å². The number of carboxylic acids is 1. The van der Waals surface area contributed by atoms with Crippen LogP contribution in [0.5, 0.6) is 0 Å². The predicted octanol–water partition coefficient (Wildman–Crippen LogP) is 3.67. The minimum atomic E-state index is -1.40. The molecule has 146 valence electrons. The molecule has 5 nitrogen and oxygen atoms in total. The monoisotopic (exact) mass is 387 g/mol. The van der Waals surface area contributed by atoms with Crippen LogP contribution in [0.25, 0.3) is 11.1 Å². The van der Waals surface area contributed by atoms with E-state index in [1.165, 1.54) is 0 Å². The van der Waals surface area contributed by atoms with Gasteiger partial charge in [0.2, 0.25) is 0 Å². The van der Waals surface area contributed by atoms with Crippen molar-refractivity contribution >= 4 is 11.9 Å². The number of carbonyl (C=O) groups excluding carboxylic acids is 1. The van der Waals surface area contributed by atoms with Crippen molar-refractivity contribution in [1.29, 1.82) is 0 Å². The number of carbonyl (C=O) groups is 2. The molecular formula is C24H21NO4. The van der Waals surface area contributed by atoms with Crippen LogP contribution in [0.1, 0.15) is 34.1 Å². The maximum absolute atomic E-state index is 12.8. The summed E-state index contributed by atoms with van der Waals surface area (Å²) in [5, 5.41) is 9.68. The standard InChI is InChI=1S/C24H21NO4/c25-13-15-7-1-2-8-16(15)22(23(26)27)24(28)29-14-21-19-11-5-3-9-17(19)18-10-4-6-12-20(18)21/h1-12,21-22H,13-14,25H2,(H,26,27). The molecule has 3 aromatic rings. The zero-order valence-electron chi connectivity index (χ0n) is 15.7. The van der Waals surface area contributed by atoms with E-state index in [0.717, 1.165) is 22.3 Å². The number of carboxylic acid groups (broad SMARTS) is 1. The summed E-state index contributed by atoms with van der Waals surface area (Å²) in [6.07, 6.45) is 0. The fourth-order valence-corrected chi connectivity index (χ4v) is 4.05. The van der Waals surface area contributed by atoms with E-state index in [1.807, 2.05) is 48.5 Å². The molecule has 1 aliphatic carbocycles. The minimum Gasteiger partial charge on any atom is -0.480 e. The van der Waals surface area contributed by atoms with Crippen molar-refractivity contribution in [2.75, 3.05) is 6.61 Å². The first-order chi connectivity index (χ1) is 14.1. The number of rotatable bonds is 6. The molecule has 0 heterocycles. The van der Waals surface area contributed by atoms with Crippen LogP contribution in [0.2, 0.25) is 0 Å². The maximum Gasteiger partial charge on any atom is 0.324 e. The molecular weight excluding hydrogens is 366 g/mol. The van der Waals surface area contributed by atoms with Gasteiger partial charge in [-0.1, -0.05) is 72.8 Å². The maximum atomic E-state index is 12.8. The molecule has 5 heteroatoms. The first kappa shape index (κ1) is 18.9. The normalized spacial score (nSPS) is 13.4. The van der Waals surface area contributed by atoms with Crippen LogP contribution in [-0.4, -0.2) is 23.7 Å². The number of nitrogens with two attached hydrogens (primary N) is 1. The first-order valence-corrected chi connectivity index (χ1v) is 9.47. The lowest BCUT2D eigenvalue weighted by molar-refractivity contribution is -0.154. The van der Waals surface area contributed by atoms with Crippen molar-refractivity contribution < 1.29 is 19.4 Å². The Morgan fingerprint density at radius 1 is 0.897 bits per heavy atom. The van der Waals surface area contributed by atoms with Gasteiger partial charge >= 0.3 is 11.9 Å². The molecule has 0 amide bonds. The molecule has 0 spiro atoms. The number of hydrogen-bond acceptors (Lipinski definition) is 4. The number of hydrogen-bond donors (Lipinski definition) is 2. The molecule has 0 saturated heterocycles. The lowest BCUT2D eigenvalue weighted by Gasteiger charge is -2.18. The predicted molar refractivity (Wildman–Crippen MR) is 109 cm³/mol. The van der Waals surface area contributed by atoms with E-state index < -0.39 is 17.9 Å². The van der Waals surface area contributed by atoms with Gasteiger partial charge in [0.15, 0.2) is 5.92 Å². The Bertz CT molecular complexity index is 1030. The Kier molecular flexibility index (Phi) is 5.14. The summed E-state index contributed by atoms with van der Waals surface area (Å²) in [5.41, 5.74) is 11.1. The van der Waals surface area contributed by atoms with Gasteiger partial charge in [0.1, 0.15) is 6.61 Å².